The molecule has 8 heteroatoms. The number of ether oxygens (including phenoxy) is 1. The molecule has 0 saturated heterocycles. The van der Waals surface area contributed by atoms with Crippen LogP contribution in [0.3, 0.4) is 0 Å². The Morgan fingerprint density at radius 2 is 1.89 bits per heavy atom. The Morgan fingerprint density at radius 1 is 1.19 bits per heavy atom. The van der Waals surface area contributed by atoms with E-state index in [4.69, 9.17) is 9.15 Å². The number of phenols is 1. The standard InChI is InChI=1S/C19H13NO7/c1-9-6-13(21)18-15(26-9)8-14-17(19(18)23)12(7-16(22)27-14)10-2-4-11(5-3-10)20(24)25/h2-5,7-9,23H,6H2,1H3. The molecule has 2 aromatic carbocycles. The topological polar surface area (TPSA) is 120 Å². The average molecular weight is 367 g/mol. The van der Waals surface area contributed by atoms with Gasteiger partial charge in [0.25, 0.3) is 5.69 Å². The number of nitrogens with zero attached hydrogens (tertiary/aromatic N) is 1. The Balaban J connectivity index is 2.01. The minimum atomic E-state index is -0.662. The van der Waals surface area contributed by atoms with Gasteiger partial charge in [0.15, 0.2) is 5.78 Å². The van der Waals surface area contributed by atoms with Crippen LogP contribution >= 0.6 is 0 Å². The van der Waals surface area contributed by atoms with Gasteiger partial charge in [-0.2, -0.15) is 0 Å². The fraction of sp³-hybridized carbons (Fsp3) is 0.158. The van der Waals surface area contributed by atoms with Crippen LogP contribution in [0.5, 0.6) is 11.5 Å². The van der Waals surface area contributed by atoms with Gasteiger partial charge in [0.05, 0.1) is 10.3 Å². The highest BCUT2D eigenvalue weighted by atomic mass is 16.6. The molecule has 3 aromatic rings. The lowest BCUT2D eigenvalue weighted by atomic mass is 9.94. The van der Waals surface area contributed by atoms with E-state index in [9.17, 15) is 24.8 Å². The molecular weight excluding hydrogens is 354 g/mol. The molecule has 1 aliphatic heterocycles. The summed E-state index contributed by atoms with van der Waals surface area (Å²) in [6.07, 6.45) is -0.234. The third-order valence-electron chi connectivity index (χ3n) is 4.44. The molecule has 2 heterocycles. The largest absolute Gasteiger partial charge is 0.506 e. The SMILES string of the molecule is CC1CC(=O)c2c(cc3oc(=O)cc(-c4ccc([N+](=O)[O-])cc4)c3c2O)O1. The lowest BCUT2D eigenvalue weighted by Crippen LogP contribution is -2.24. The second-order valence-corrected chi connectivity index (χ2v) is 6.31. The number of hydrogen-bond acceptors (Lipinski definition) is 7. The van der Waals surface area contributed by atoms with E-state index < -0.39 is 10.5 Å². The molecule has 1 aromatic heterocycles. The Kier molecular flexibility index (Phi) is 3.69. The number of nitro groups is 1. The minimum absolute atomic E-state index is 0.0395. The van der Waals surface area contributed by atoms with Crippen molar-refractivity contribution < 1.29 is 24.0 Å². The highest BCUT2D eigenvalue weighted by Crippen LogP contribution is 2.43. The van der Waals surface area contributed by atoms with Gasteiger partial charge in [0.1, 0.15) is 28.7 Å². The maximum atomic E-state index is 12.4. The zero-order chi connectivity index (χ0) is 19.3. The van der Waals surface area contributed by atoms with E-state index in [1.54, 1.807) is 6.92 Å². The molecule has 1 unspecified atom stereocenters. The number of carbonyl (C=O) groups is 1. The van der Waals surface area contributed by atoms with Gasteiger partial charge >= 0.3 is 5.63 Å². The summed E-state index contributed by atoms with van der Waals surface area (Å²) in [6.45, 7) is 1.73. The number of phenolic OH excluding ortho intramolecular Hbond substituents is 1. The van der Waals surface area contributed by atoms with Gasteiger partial charge in [-0.3, -0.25) is 14.9 Å². The first kappa shape index (κ1) is 16.8. The third kappa shape index (κ3) is 2.71. The predicted molar refractivity (Wildman–Crippen MR) is 95.3 cm³/mol. The molecule has 1 N–H and O–H groups in total. The van der Waals surface area contributed by atoms with E-state index in [1.807, 2.05) is 0 Å². The molecule has 1 atom stereocenters. The van der Waals surface area contributed by atoms with Gasteiger partial charge in [-0.1, -0.05) is 0 Å². The molecule has 8 nitrogen and oxygen atoms in total. The van der Waals surface area contributed by atoms with Crippen molar-refractivity contribution in [3.8, 4) is 22.6 Å². The molecule has 0 spiro atoms. The van der Waals surface area contributed by atoms with E-state index in [1.165, 1.54) is 36.4 Å². The zero-order valence-corrected chi connectivity index (χ0v) is 14.1. The number of fused-ring (bicyclic) bond motifs is 2. The maximum absolute atomic E-state index is 12.4. The highest BCUT2D eigenvalue weighted by molar-refractivity contribution is 6.10. The first-order valence-electron chi connectivity index (χ1n) is 8.13. The Bertz CT molecular complexity index is 1160. The summed E-state index contributed by atoms with van der Waals surface area (Å²) in [5, 5.41) is 21.8. The molecule has 0 saturated carbocycles. The lowest BCUT2D eigenvalue weighted by Gasteiger charge is -2.23. The summed E-state index contributed by atoms with van der Waals surface area (Å²) in [5.41, 5.74) is 0.108. The summed E-state index contributed by atoms with van der Waals surface area (Å²) >= 11 is 0. The summed E-state index contributed by atoms with van der Waals surface area (Å²) in [6, 6.07) is 8.10. The van der Waals surface area contributed by atoms with Gasteiger partial charge in [0.2, 0.25) is 0 Å². The van der Waals surface area contributed by atoms with E-state index in [2.05, 4.69) is 0 Å². The molecule has 27 heavy (non-hydrogen) atoms. The van der Waals surface area contributed by atoms with Crippen molar-refractivity contribution in [1.82, 2.24) is 0 Å². The van der Waals surface area contributed by atoms with Crippen LogP contribution in [0, 0.1) is 10.1 Å². The zero-order valence-electron chi connectivity index (χ0n) is 14.1. The van der Waals surface area contributed by atoms with Crippen LogP contribution in [0.15, 0.2) is 45.6 Å². The van der Waals surface area contributed by atoms with Crippen molar-refractivity contribution in [2.24, 2.45) is 0 Å². The number of non-ortho nitro benzene ring substituents is 1. The quantitative estimate of drug-likeness (QED) is 0.418. The number of ketones is 1. The third-order valence-corrected chi connectivity index (χ3v) is 4.44. The normalized spacial score (nSPS) is 16.0. The van der Waals surface area contributed by atoms with Crippen LogP contribution in [0.2, 0.25) is 0 Å². The Labute approximate surface area is 151 Å². The first-order valence-corrected chi connectivity index (χ1v) is 8.13. The van der Waals surface area contributed by atoms with Crippen LogP contribution < -0.4 is 10.4 Å². The number of hydrogen-bond donors (Lipinski definition) is 1. The maximum Gasteiger partial charge on any atom is 0.336 e. The van der Waals surface area contributed by atoms with Crippen LogP contribution in [-0.2, 0) is 0 Å². The van der Waals surface area contributed by atoms with Crippen LogP contribution in [0.4, 0.5) is 5.69 Å². The Morgan fingerprint density at radius 3 is 2.56 bits per heavy atom. The molecule has 0 radical (unpaired) electrons. The van der Waals surface area contributed by atoms with Crippen molar-refractivity contribution in [1.29, 1.82) is 0 Å². The monoisotopic (exact) mass is 367 g/mol. The van der Waals surface area contributed by atoms with Crippen molar-refractivity contribution in [2.75, 3.05) is 0 Å². The number of Topliss-reactive ketones (excluding diaryl/α,β-unsaturated/α-hetero) is 1. The molecular formula is C19H13NO7. The number of nitro benzene ring substituents is 1. The molecule has 0 fully saturated rings. The van der Waals surface area contributed by atoms with Crippen LogP contribution in [0.25, 0.3) is 22.1 Å². The van der Waals surface area contributed by atoms with E-state index in [0.29, 0.717) is 11.1 Å². The van der Waals surface area contributed by atoms with Crippen LogP contribution in [-0.4, -0.2) is 21.9 Å². The number of aromatic hydroxyl groups is 1. The minimum Gasteiger partial charge on any atom is -0.506 e. The lowest BCUT2D eigenvalue weighted by molar-refractivity contribution is -0.384. The second kappa shape index (κ2) is 5.94. The van der Waals surface area contributed by atoms with Gasteiger partial charge in [0, 0.05) is 36.2 Å². The number of carbonyl (C=O) groups excluding carboxylic acids is 1. The molecule has 0 bridgehead atoms. The van der Waals surface area contributed by atoms with Gasteiger partial charge in [-0.25, -0.2) is 4.79 Å². The number of benzene rings is 2. The van der Waals surface area contributed by atoms with Gasteiger partial charge in [-0.05, 0) is 24.6 Å². The van der Waals surface area contributed by atoms with Crippen molar-refractivity contribution in [2.45, 2.75) is 19.4 Å². The highest BCUT2D eigenvalue weighted by Gasteiger charge is 2.30. The molecule has 0 amide bonds. The number of rotatable bonds is 2. The second-order valence-electron chi connectivity index (χ2n) is 6.31. The smallest absolute Gasteiger partial charge is 0.336 e. The van der Waals surface area contributed by atoms with E-state index in [-0.39, 0.29) is 52.0 Å². The molecule has 4 rings (SSSR count). The van der Waals surface area contributed by atoms with Crippen molar-refractivity contribution in [3.05, 3.63) is 62.5 Å². The fourth-order valence-electron chi connectivity index (χ4n) is 3.26. The summed E-state index contributed by atoms with van der Waals surface area (Å²) in [5.74, 6) is -0.451. The molecule has 136 valence electrons. The van der Waals surface area contributed by atoms with E-state index >= 15 is 0 Å². The van der Waals surface area contributed by atoms with Crippen molar-refractivity contribution in [3.63, 3.8) is 0 Å². The molecule has 0 aliphatic carbocycles. The van der Waals surface area contributed by atoms with Gasteiger partial charge < -0.3 is 14.3 Å². The fourth-order valence-corrected chi connectivity index (χ4v) is 3.26. The molecule has 1 aliphatic rings. The Hall–Kier alpha value is -3.68. The van der Waals surface area contributed by atoms with Crippen LogP contribution in [0.1, 0.15) is 23.7 Å². The summed E-state index contributed by atoms with van der Waals surface area (Å²) in [7, 11) is 0. The van der Waals surface area contributed by atoms with Gasteiger partial charge in [-0.15, -0.1) is 0 Å². The summed E-state index contributed by atoms with van der Waals surface area (Å²) in [4.78, 5) is 34.7. The average Bonchev–Trinajstić information content (AvgIpc) is 2.60. The first-order chi connectivity index (χ1) is 12.8. The van der Waals surface area contributed by atoms with E-state index in [0.717, 1.165) is 0 Å². The predicted octanol–water partition coefficient (Wildman–Crippen LogP) is 3.43. The van der Waals surface area contributed by atoms with Crippen molar-refractivity contribution >= 4 is 22.4 Å². The summed E-state index contributed by atoms with van der Waals surface area (Å²) < 4.78 is 10.8.